The van der Waals surface area contributed by atoms with Crippen LogP contribution in [0.25, 0.3) is 0 Å². The molecule has 8 N–H and O–H groups in total. The fourth-order valence-corrected chi connectivity index (χ4v) is 8.57. The largest absolute Gasteiger partial charge is 0.394 e. The summed E-state index contributed by atoms with van der Waals surface area (Å²) in [7, 11) is 0. The van der Waals surface area contributed by atoms with Gasteiger partial charge in [0.1, 0.15) is 36.6 Å². The minimum Gasteiger partial charge on any atom is -0.394 e. The van der Waals surface area contributed by atoms with Crippen molar-refractivity contribution in [1.29, 1.82) is 0 Å². The van der Waals surface area contributed by atoms with Gasteiger partial charge in [0.25, 0.3) is 0 Å². The van der Waals surface area contributed by atoms with Crippen molar-refractivity contribution in [2.24, 2.45) is 5.92 Å². The van der Waals surface area contributed by atoms with Crippen molar-refractivity contribution in [3.63, 3.8) is 0 Å². The lowest BCUT2D eigenvalue weighted by molar-refractivity contribution is -0.303. The number of carbonyl (C=O) groups is 1. The van der Waals surface area contributed by atoms with Crippen LogP contribution in [0, 0.1) is 5.92 Å². The van der Waals surface area contributed by atoms with E-state index >= 15 is 0 Å². The number of unbranched alkanes of at least 4 members (excludes halogenated alkanes) is 29. The summed E-state index contributed by atoms with van der Waals surface area (Å²) in [5.74, 6) is 0.0848. The Morgan fingerprint density at radius 1 is 0.541 bits per heavy atom. The second-order valence-electron chi connectivity index (χ2n) is 19.1. The standard InChI is InChI=1S/C50H99NO10/c1-4-5-6-7-8-9-10-11-12-13-14-15-16-17-18-19-20-25-28-31-34-37-43(54)49(59)51-41(39-60-50-48(58)47(57)46(56)44(38-52)61-50)45(55)42(53)36-33-30-27-24-22-21-23-26-29-32-35-40(2)3/h40-48,50,52-58H,4-39H2,1-3H3,(H,51,59)/t41-,42+,43+,44+,45-,46-,47-,48+,50-/m0/s1. The van der Waals surface area contributed by atoms with Crippen LogP contribution in [-0.4, -0.2) is 110 Å². The van der Waals surface area contributed by atoms with Gasteiger partial charge in [-0.15, -0.1) is 0 Å². The lowest BCUT2D eigenvalue weighted by atomic mass is 9.98. The maximum absolute atomic E-state index is 13.1. The second kappa shape index (κ2) is 39.5. The molecular weight excluding hydrogens is 775 g/mol. The summed E-state index contributed by atoms with van der Waals surface area (Å²) in [6.07, 6.45) is 28.7. The molecule has 1 fully saturated rings. The van der Waals surface area contributed by atoms with Crippen molar-refractivity contribution in [3.8, 4) is 0 Å². The third-order valence-corrected chi connectivity index (χ3v) is 12.8. The Balaban J connectivity index is 2.35. The first-order valence-corrected chi connectivity index (χ1v) is 25.8. The van der Waals surface area contributed by atoms with E-state index in [1.807, 2.05) is 0 Å². The van der Waals surface area contributed by atoms with Crippen molar-refractivity contribution in [2.75, 3.05) is 13.2 Å². The Bertz CT molecular complexity index is 973. The van der Waals surface area contributed by atoms with Gasteiger partial charge in [-0.25, -0.2) is 0 Å². The molecule has 1 saturated heterocycles. The van der Waals surface area contributed by atoms with Gasteiger partial charge in [-0.05, 0) is 18.8 Å². The Morgan fingerprint density at radius 2 is 0.918 bits per heavy atom. The lowest BCUT2D eigenvalue weighted by Gasteiger charge is -2.40. The SMILES string of the molecule is CCCCCCCCCCCCCCCCCCCCCCC[C@@H](O)C(=O)N[C@@H](CO[C@H]1O[C@H](CO)[C@H](O)[C@H](O)[C@H]1O)[C@H](O)[C@H](O)CCCCCCCCCCCCC(C)C. The topological polar surface area (TPSA) is 189 Å². The van der Waals surface area contributed by atoms with E-state index in [1.54, 1.807) is 0 Å². The predicted molar refractivity (Wildman–Crippen MR) is 247 cm³/mol. The third-order valence-electron chi connectivity index (χ3n) is 12.8. The van der Waals surface area contributed by atoms with Crippen LogP contribution in [0.15, 0.2) is 0 Å². The van der Waals surface area contributed by atoms with Crippen molar-refractivity contribution in [1.82, 2.24) is 5.32 Å². The molecule has 61 heavy (non-hydrogen) atoms. The maximum Gasteiger partial charge on any atom is 0.249 e. The number of carbonyl (C=O) groups excluding carboxylic acids is 1. The molecule has 0 bridgehead atoms. The summed E-state index contributed by atoms with van der Waals surface area (Å²) in [5, 5.41) is 75.8. The highest BCUT2D eigenvalue weighted by Crippen LogP contribution is 2.23. The monoisotopic (exact) mass is 874 g/mol. The molecule has 1 aliphatic heterocycles. The van der Waals surface area contributed by atoms with E-state index in [-0.39, 0.29) is 6.42 Å². The van der Waals surface area contributed by atoms with Crippen molar-refractivity contribution < 1.29 is 50.0 Å². The number of aliphatic hydroxyl groups is 7. The van der Waals surface area contributed by atoms with Gasteiger partial charge in [-0.1, -0.05) is 226 Å². The van der Waals surface area contributed by atoms with Crippen LogP contribution in [-0.2, 0) is 14.3 Å². The van der Waals surface area contributed by atoms with E-state index in [9.17, 15) is 40.5 Å². The average Bonchev–Trinajstić information content (AvgIpc) is 3.25. The number of hydrogen-bond donors (Lipinski definition) is 8. The first-order valence-electron chi connectivity index (χ1n) is 25.8. The first kappa shape index (κ1) is 58.1. The van der Waals surface area contributed by atoms with E-state index in [1.165, 1.54) is 154 Å². The molecule has 0 aliphatic carbocycles. The Labute approximate surface area is 373 Å². The summed E-state index contributed by atoms with van der Waals surface area (Å²) in [6, 6.07) is -1.16. The van der Waals surface area contributed by atoms with Crippen molar-refractivity contribution in [2.45, 2.75) is 294 Å². The lowest BCUT2D eigenvalue weighted by Crippen LogP contribution is -2.60. The van der Waals surface area contributed by atoms with Gasteiger partial charge >= 0.3 is 0 Å². The van der Waals surface area contributed by atoms with Crippen molar-refractivity contribution in [3.05, 3.63) is 0 Å². The summed E-state index contributed by atoms with van der Waals surface area (Å²) in [4.78, 5) is 13.1. The van der Waals surface area contributed by atoms with E-state index in [0.717, 1.165) is 44.4 Å². The number of aliphatic hydroxyl groups excluding tert-OH is 7. The zero-order valence-corrected chi connectivity index (χ0v) is 39.6. The van der Waals surface area contributed by atoms with Gasteiger partial charge in [-0.3, -0.25) is 4.79 Å². The molecule has 11 nitrogen and oxygen atoms in total. The molecule has 1 rings (SSSR count). The molecule has 0 unspecified atom stereocenters. The molecule has 9 atom stereocenters. The summed E-state index contributed by atoms with van der Waals surface area (Å²) < 4.78 is 11.1. The van der Waals surface area contributed by atoms with E-state index < -0.39 is 74.2 Å². The fraction of sp³-hybridized carbons (Fsp3) is 0.980. The van der Waals surface area contributed by atoms with Gasteiger partial charge in [0.15, 0.2) is 6.29 Å². The summed E-state index contributed by atoms with van der Waals surface area (Å²) >= 11 is 0. The number of hydrogen-bond acceptors (Lipinski definition) is 10. The van der Waals surface area contributed by atoms with Gasteiger partial charge in [0.2, 0.25) is 5.91 Å². The minimum absolute atomic E-state index is 0.266. The molecule has 0 aromatic heterocycles. The van der Waals surface area contributed by atoms with E-state index in [0.29, 0.717) is 19.3 Å². The molecule has 0 aromatic carbocycles. The maximum atomic E-state index is 13.1. The normalized spacial score (nSPS) is 21.5. The Hall–Kier alpha value is -0.890. The minimum atomic E-state index is -1.66. The smallest absolute Gasteiger partial charge is 0.249 e. The van der Waals surface area contributed by atoms with Gasteiger partial charge in [-0.2, -0.15) is 0 Å². The van der Waals surface area contributed by atoms with Crippen LogP contribution >= 0.6 is 0 Å². The molecule has 0 spiro atoms. The third kappa shape index (κ3) is 30.0. The highest BCUT2D eigenvalue weighted by atomic mass is 16.7. The van der Waals surface area contributed by atoms with Crippen LogP contribution in [0.5, 0.6) is 0 Å². The molecule has 1 aliphatic rings. The second-order valence-corrected chi connectivity index (χ2v) is 19.1. The first-order chi connectivity index (χ1) is 29.5. The van der Waals surface area contributed by atoms with Crippen LogP contribution in [0.3, 0.4) is 0 Å². The number of nitrogens with one attached hydrogen (secondary N) is 1. The summed E-state index contributed by atoms with van der Waals surface area (Å²) in [5.41, 5.74) is 0. The van der Waals surface area contributed by atoms with Crippen molar-refractivity contribution >= 4 is 5.91 Å². The van der Waals surface area contributed by atoms with Crippen LogP contribution in [0.2, 0.25) is 0 Å². The number of ether oxygens (including phenoxy) is 2. The highest BCUT2D eigenvalue weighted by Gasteiger charge is 2.44. The number of rotatable bonds is 43. The van der Waals surface area contributed by atoms with Crippen LogP contribution < -0.4 is 5.32 Å². The zero-order valence-electron chi connectivity index (χ0n) is 39.6. The molecule has 1 heterocycles. The fourth-order valence-electron chi connectivity index (χ4n) is 8.57. The molecule has 0 aromatic rings. The van der Waals surface area contributed by atoms with E-state index in [2.05, 4.69) is 26.1 Å². The molecular formula is C50H99NO10. The van der Waals surface area contributed by atoms with Gasteiger partial charge < -0.3 is 50.5 Å². The van der Waals surface area contributed by atoms with Gasteiger partial charge in [0, 0.05) is 0 Å². The molecule has 11 heteroatoms. The number of amides is 1. The van der Waals surface area contributed by atoms with Crippen LogP contribution in [0.1, 0.15) is 239 Å². The highest BCUT2D eigenvalue weighted by molar-refractivity contribution is 5.80. The van der Waals surface area contributed by atoms with E-state index in [4.69, 9.17) is 9.47 Å². The Morgan fingerprint density at radius 3 is 1.31 bits per heavy atom. The molecule has 0 saturated carbocycles. The molecule has 364 valence electrons. The van der Waals surface area contributed by atoms with Gasteiger partial charge in [0.05, 0.1) is 25.4 Å². The zero-order chi connectivity index (χ0) is 44.9. The average molecular weight is 874 g/mol. The quantitative estimate of drug-likeness (QED) is 0.0274. The summed E-state index contributed by atoms with van der Waals surface area (Å²) in [6.45, 7) is 5.77. The van der Waals surface area contributed by atoms with Crippen LogP contribution in [0.4, 0.5) is 0 Å². The molecule has 1 amide bonds. The Kier molecular flexibility index (Phi) is 37.6. The predicted octanol–water partition coefficient (Wildman–Crippen LogP) is 9.31. The molecule has 0 radical (unpaired) electrons.